The van der Waals surface area contributed by atoms with Crippen molar-refractivity contribution in [3.8, 4) is 0 Å². The van der Waals surface area contributed by atoms with Crippen molar-refractivity contribution in [1.82, 2.24) is 10.6 Å². The summed E-state index contributed by atoms with van der Waals surface area (Å²) in [6.45, 7) is 12.2. The SMILES string of the molecule is C/C=C/CCN=C(NCC)NC(C)(C)C. The summed E-state index contributed by atoms with van der Waals surface area (Å²) in [5.74, 6) is 0.898. The quantitative estimate of drug-likeness (QED) is 0.324. The number of rotatable bonds is 4. The third kappa shape index (κ3) is 9.32. The number of nitrogens with one attached hydrogen (secondary N) is 2. The molecule has 15 heavy (non-hydrogen) atoms. The summed E-state index contributed by atoms with van der Waals surface area (Å²) < 4.78 is 0. The highest BCUT2D eigenvalue weighted by molar-refractivity contribution is 5.80. The van der Waals surface area contributed by atoms with Crippen molar-refractivity contribution >= 4 is 5.96 Å². The molecule has 0 amide bonds. The van der Waals surface area contributed by atoms with Crippen LogP contribution in [0.5, 0.6) is 0 Å². The van der Waals surface area contributed by atoms with Crippen LogP contribution in [0.2, 0.25) is 0 Å². The standard InChI is InChI=1S/C12H25N3/c1-6-8-9-10-14-11(13-7-2)15-12(3,4)5/h6,8H,7,9-10H2,1-5H3,(H2,13,14,15)/b8-6+. The van der Waals surface area contributed by atoms with E-state index in [1.165, 1.54) is 0 Å². The Morgan fingerprint density at radius 3 is 2.47 bits per heavy atom. The highest BCUT2D eigenvalue weighted by Gasteiger charge is 2.10. The molecular formula is C12H25N3. The van der Waals surface area contributed by atoms with Gasteiger partial charge in [-0.05, 0) is 41.0 Å². The third-order valence-corrected chi connectivity index (χ3v) is 1.64. The Balaban J connectivity index is 4.12. The molecule has 3 heteroatoms. The largest absolute Gasteiger partial charge is 0.357 e. The van der Waals surface area contributed by atoms with Crippen molar-refractivity contribution in [1.29, 1.82) is 0 Å². The van der Waals surface area contributed by atoms with Crippen molar-refractivity contribution in [3.63, 3.8) is 0 Å². The molecule has 0 saturated carbocycles. The lowest BCUT2D eigenvalue weighted by Gasteiger charge is -2.23. The molecule has 0 aliphatic rings. The zero-order chi connectivity index (χ0) is 11.7. The van der Waals surface area contributed by atoms with Crippen LogP contribution in [-0.4, -0.2) is 24.6 Å². The molecule has 0 saturated heterocycles. The Morgan fingerprint density at radius 2 is 2.00 bits per heavy atom. The van der Waals surface area contributed by atoms with Gasteiger partial charge in [0.2, 0.25) is 0 Å². The summed E-state index contributed by atoms with van der Waals surface area (Å²) in [5.41, 5.74) is 0.0571. The van der Waals surface area contributed by atoms with Gasteiger partial charge in [0, 0.05) is 18.6 Å². The van der Waals surface area contributed by atoms with E-state index in [1.807, 2.05) is 6.92 Å². The van der Waals surface area contributed by atoms with Gasteiger partial charge in [0.15, 0.2) is 5.96 Å². The number of hydrogen-bond acceptors (Lipinski definition) is 1. The van der Waals surface area contributed by atoms with E-state index in [2.05, 4.69) is 55.5 Å². The fourth-order valence-corrected chi connectivity index (χ4v) is 1.08. The zero-order valence-electron chi connectivity index (χ0n) is 10.7. The summed E-state index contributed by atoms with van der Waals surface area (Å²) in [6.07, 6.45) is 5.18. The maximum absolute atomic E-state index is 4.48. The predicted octanol–water partition coefficient (Wildman–Crippen LogP) is 2.31. The molecular weight excluding hydrogens is 186 g/mol. The number of allylic oxidation sites excluding steroid dienone is 1. The van der Waals surface area contributed by atoms with Crippen LogP contribution in [0.1, 0.15) is 41.0 Å². The lowest BCUT2D eigenvalue weighted by atomic mass is 10.1. The van der Waals surface area contributed by atoms with Crippen LogP contribution < -0.4 is 10.6 Å². The molecule has 0 unspecified atom stereocenters. The summed E-state index contributed by atoms with van der Waals surface area (Å²) in [5, 5.41) is 6.58. The second kappa shape index (κ2) is 7.32. The van der Waals surface area contributed by atoms with Crippen molar-refractivity contribution in [2.45, 2.75) is 46.6 Å². The normalized spacial score (nSPS) is 13.3. The van der Waals surface area contributed by atoms with Gasteiger partial charge in [-0.25, -0.2) is 0 Å². The Morgan fingerprint density at radius 1 is 1.33 bits per heavy atom. The van der Waals surface area contributed by atoms with Crippen LogP contribution in [-0.2, 0) is 0 Å². The van der Waals surface area contributed by atoms with E-state index in [-0.39, 0.29) is 5.54 Å². The molecule has 0 fully saturated rings. The maximum Gasteiger partial charge on any atom is 0.191 e. The Labute approximate surface area is 94.1 Å². The molecule has 0 heterocycles. The number of aliphatic imine (C=N–C) groups is 1. The van der Waals surface area contributed by atoms with Crippen LogP contribution >= 0.6 is 0 Å². The van der Waals surface area contributed by atoms with Crippen LogP contribution in [0.15, 0.2) is 17.1 Å². The van der Waals surface area contributed by atoms with E-state index < -0.39 is 0 Å². The van der Waals surface area contributed by atoms with E-state index in [4.69, 9.17) is 0 Å². The molecule has 0 aliphatic carbocycles. The average molecular weight is 211 g/mol. The highest BCUT2D eigenvalue weighted by atomic mass is 15.2. The molecule has 0 aliphatic heterocycles. The van der Waals surface area contributed by atoms with Crippen LogP contribution in [0, 0.1) is 0 Å². The number of nitrogens with zero attached hydrogens (tertiary/aromatic N) is 1. The number of guanidine groups is 1. The van der Waals surface area contributed by atoms with Crippen molar-refractivity contribution in [3.05, 3.63) is 12.2 Å². The molecule has 2 N–H and O–H groups in total. The smallest absolute Gasteiger partial charge is 0.191 e. The molecule has 0 aromatic carbocycles. The number of hydrogen-bond donors (Lipinski definition) is 2. The molecule has 0 spiro atoms. The van der Waals surface area contributed by atoms with Gasteiger partial charge in [-0.15, -0.1) is 0 Å². The van der Waals surface area contributed by atoms with E-state index in [9.17, 15) is 0 Å². The van der Waals surface area contributed by atoms with Crippen molar-refractivity contribution in [2.75, 3.05) is 13.1 Å². The monoisotopic (exact) mass is 211 g/mol. The third-order valence-electron chi connectivity index (χ3n) is 1.64. The summed E-state index contributed by atoms with van der Waals surface area (Å²) in [4.78, 5) is 4.48. The summed E-state index contributed by atoms with van der Waals surface area (Å²) in [7, 11) is 0. The average Bonchev–Trinajstić information content (AvgIpc) is 2.10. The van der Waals surface area contributed by atoms with E-state index in [0.717, 1.165) is 25.5 Å². The van der Waals surface area contributed by atoms with Gasteiger partial charge in [-0.2, -0.15) is 0 Å². The Bertz CT molecular complexity index is 211. The van der Waals surface area contributed by atoms with E-state index in [1.54, 1.807) is 0 Å². The van der Waals surface area contributed by atoms with Crippen molar-refractivity contribution in [2.24, 2.45) is 4.99 Å². The minimum absolute atomic E-state index is 0.0571. The Kier molecular flexibility index (Phi) is 6.84. The topological polar surface area (TPSA) is 36.4 Å². The highest BCUT2D eigenvalue weighted by Crippen LogP contribution is 1.98. The first kappa shape index (κ1) is 14.0. The maximum atomic E-state index is 4.48. The van der Waals surface area contributed by atoms with E-state index in [0.29, 0.717) is 0 Å². The second-order valence-electron chi connectivity index (χ2n) is 4.49. The van der Waals surface area contributed by atoms with Gasteiger partial charge >= 0.3 is 0 Å². The molecule has 0 atom stereocenters. The minimum Gasteiger partial charge on any atom is -0.357 e. The van der Waals surface area contributed by atoms with E-state index >= 15 is 0 Å². The summed E-state index contributed by atoms with van der Waals surface area (Å²) in [6, 6.07) is 0. The molecule has 0 aromatic heterocycles. The predicted molar refractivity (Wildman–Crippen MR) is 68.3 cm³/mol. The summed E-state index contributed by atoms with van der Waals surface area (Å²) >= 11 is 0. The fraction of sp³-hybridized carbons (Fsp3) is 0.750. The van der Waals surface area contributed by atoms with Gasteiger partial charge in [0.1, 0.15) is 0 Å². The minimum atomic E-state index is 0.0571. The van der Waals surface area contributed by atoms with Gasteiger partial charge < -0.3 is 10.6 Å². The second-order valence-corrected chi connectivity index (χ2v) is 4.49. The van der Waals surface area contributed by atoms with Crippen LogP contribution in [0.3, 0.4) is 0 Å². The molecule has 0 aromatic rings. The first-order valence-corrected chi connectivity index (χ1v) is 5.67. The zero-order valence-corrected chi connectivity index (χ0v) is 10.7. The van der Waals surface area contributed by atoms with Gasteiger partial charge in [-0.1, -0.05) is 12.2 Å². The van der Waals surface area contributed by atoms with Gasteiger partial charge in [-0.3, -0.25) is 4.99 Å². The van der Waals surface area contributed by atoms with Crippen LogP contribution in [0.4, 0.5) is 0 Å². The van der Waals surface area contributed by atoms with Gasteiger partial charge in [0.25, 0.3) is 0 Å². The van der Waals surface area contributed by atoms with Crippen LogP contribution in [0.25, 0.3) is 0 Å². The molecule has 0 bridgehead atoms. The van der Waals surface area contributed by atoms with Crippen molar-refractivity contribution < 1.29 is 0 Å². The molecule has 3 nitrogen and oxygen atoms in total. The molecule has 0 radical (unpaired) electrons. The fourth-order valence-electron chi connectivity index (χ4n) is 1.08. The molecule has 88 valence electrons. The first-order valence-electron chi connectivity index (χ1n) is 5.67. The lowest BCUT2D eigenvalue weighted by Crippen LogP contribution is -2.47. The first-order chi connectivity index (χ1) is 6.99. The molecule has 0 rings (SSSR count). The Hall–Kier alpha value is -0.990. The lowest BCUT2D eigenvalue weighted by molar-refractivity contribution is 0.501. The van der Waals surface area contributed by atoms with Gasteiger partial charge in [0.05, 0.1) is 0 Å².